The summed E-state index contributed by atoms with van der Waals surface area (Å²) in [5, 5.41) is 17.8. The van der Waals surface area contributed by atoms with Crippen molar-refractivity contribution < 1.29 is 36.3 Å². The number of pyridine rings is 2. The van der Waals surface area contributed by atoms with E-state index in [1.54, 1.807) is 24.5 Å². The van der Waals surface area contributed by atoms with Crippen LogP contribution in [0.3, 0.4) is 0 Å². The summed E-state index contributed by atoms with van der Waals surface area (Å²) in [7, 11) is 0. The zero-order chi connectivity index (χ0) is 17.4. The first kappa shape index (κ1) is 25.3. The average molecular weight is 365 g/mol. The van der Waals surface area contributed by atoms with Crippen molar-refractivity contribution in [3.8, 4) is 0 Å². The minimum Gasteiger partial charge on any atom is -0.550 e. The molecule has 0 radical (unpaired) electrons. The SMILES string of the molecule is CC(=O)[O-].CC(=O)[O-].Nc1ccccn1.Nc1ccccn1.[Ni+2]. The Labute approximate surface area is 144 Å². The molecule has 0 aliphatic carbocycles. The molecule has 23 heavy (non-hydrogen) atoms. The number of nitrogens with zero attached hydrogens (tertiary/aromatic N) is 2. The first-order valence-corrected chi connectivity index (χ1v) is 5.93. The van der Waals surface area contributed by atoms with E-state index in [0.717, 1.165) is 13.8 Å². The molecule has 0 spiro atoms. The molecule has 0 saturated carbocycles. The molecule has 2 heterocycles. The van der Waals surface area contributed by atoms with Crippen molar-refractivity contribution in [2.24, 2.45) is 0 Å². The molecule has 0 atom stereocenters. The molecule has 0 aliphatic heterocycles. The number of hydrogen-bond acceptors (Lipinski definition) is 8. The fourth-order valence-corrected chi connectivity index (χ4v) is 0.752. The van der Waals surface area contributed by atoms with Gasteiger partial charge in [-0.3, -0.25) is 0 Å². The average Bonchev–Trinajstić information content (AvgIpc) is 2.40. The zero-order valence-electron chi connectivity index (χ0n) is 12.6. The number of rotatable bonds is 0. The molecule has 0 fully saturated rings. The molecule has 4 N–H and O–H groups in total. The molecule has 2 aromatic rings. The second-order valence-electron chi connectivity index (χ2n) is 3.49. The first-order valence-electron chi connectivity index (χ1n) is 5.93. The summed E-state index contributed by atoms with van der Waals surface area (Å²) in [5.41, 5.74) is 10.5. The van der Waals surface area contributed by atoms with E-state index in [4.69, 9.17) is 31.3 Å². The number of nitrogens with two attached hydrogens (primary N) is 2. The molecular weight excluding hydrogens is 347 g/mol. The monoisotopic (exact) mass is 364 g/mol. The zero-order valence-corrected chi connectivity index (χ0v) is 13.6. The Morgan fingerprint density at radius 2 is 1.09 bits per heavy atom. The summed E-state index contributed by atoms with van der Waals surface area (Å²) in [5.74, 6) is -1.02. The number of aromatic nitrogens is 2. The number of carboxylic acids is 2. The van der Waals surface area contributed by atoms with Crippen molar-refractivity contribution in [3.05, 3.63) is 48.8 Å². The third kappa shape index (κ3) is 32.7. The van der Waals surface area contributed by atoms with Gasteiger partial charge in [0.25, 0.3) is 0 Å². The molecule has 9 heteroatoms. The molecule has 128 valence electrons. The summed E-state index contributed by atoms with van der Waals surface area (Å²) in [6, 6.07) is 10.9. The maximum absolute atomic E-state index is 8.89. The van der Waals surface area contributed by atoms with Crippen molar-refractivity contribution in [1.82, 2.24) is 9.97 Å². The third-order valence-electron chi connectivity index (χ3n) is 1.38. The van der Waals surface area contributed by atoms with Gasteiger partial charge in [0.2, 0.25) is 0 Å². The number of carboxylic acid groups (broad SMARTS) is 2. The molecule has 0 aromatic carbocycles. The van der Waals surface area contributed by atoms with Gasteiger partial charge in [-0.2, -0.15) is 0 Å². The molecule has 2 rings (SSSR count). The maximum atomic E-state index is 8.89. The van der Waals surface area contributed by atoms with Crippen molar-refractivity contribution in [2.45, 2.75) is 13.8 Å². The molecule has 0 saturated heterocycles. The first-order chi connectivity index (χ1) is 10.3. The van der Waals surface area contributed by atoms with Crippen LogP contribution in [-0.4, -0.2) is 21.9 Å². The molecule has 0 bridgehead atoms. The standard InChI is InChI=1S/2C5H6N2.2C2H4O2.Ni/c2*6-5-3-1-2-4-7-5;2*1-2(3)4;/h2*1-4H,(H2,6,7);2*1H3,(H,3,4);/q;;;;+2/p-2. The minimum atomic E-state index is -1.08. The Balaban J connectivity index is -0.000000238. The summed E-state index contributed by atoms with van der Waals surface area (Å²) >= 11 is 0. The van der Waals surface area contributed by atoms with Gasteiger partial charge in [-0.05, 0) is 38.1 Å². The van der Waals surface area contributed by atoms with E-state index in [0.29, 0.717) is 11.6 Å². The van der Waals surface area contributed by atoms with E-state index in [-0.39, 0.29) is 16.5 Å². The van der Waals surface area contributed by atoms with Crippen LogP contribution in [0.4, 0.5) is 11.6 Å². The van der Waals surface area contributed by atoms with Crippen molar-refractivity contribution >= 4 is 23.6 Å². The Bertz CT molecular complexity index is 469. The van der Waals surface area contributed by atoms with Crippen molar-refractivity contribution in [2.75, 3.05) is 11.5 Å². The van der Waals surface area contributed by atoms with Gasteiger partial charge < -0.3 is 31.3 Å². The van der Waals surface area contributed by atoms with Crippen LogP contribution in [0.5, 0.6) is 0 Å². The fraction of sp³-hybridized carbons (Fsp3) is 0.143. The second kappa shape index (κ2) is 17.4. The molecular formula is C14H18N4NiO4. The van der Waals surface area contributed by atoms with Gasteiger partial charge in [-0.1, -0.05) is 12.1 Å². The van der Waals surface area contributed by atoms with Crippen LogP contribution in [0.1, 0.15) is 13.8 Å². The smallest absolute Gasteiger partial charge is 0.550 e. The maximum Gasteiger partial charge on any atom is 2.00 e. The molecule has 2 aromatic heterocycles. The second-order valence-corrected chi connectivity index (χ2v) is 3.49. The predicted octanol–water partition coefficient (Wildman–Crippen LogP) is -1.16. The summed E-state index contributed by atoms with van der Waals surface area (Å²) < 4.78 is 0. The van der Waals surface area contributed by atoms with Gasteiger partial charge in [0.05, 0.1) is 0 Å². The van der Waals surface area contributed by atoms with Crippen LogP contribution >= 0.6 is 0 Å². The van der Waals surface area contributed by atoms with Crippen LogP contribution in [0.2, 0.25) is 0 Å². The van der Waals surface area contributed by atoms with Crippen LogP contribution in [0.25, 0.3) is 0 Å². The van der Waals surface area contributed by atoms with E-state index >= 15 is 0 Å². The van der Waals surface area contributed by atoms with Gasteiger partial charge in [-0.15, -0.1) is 0 Å². The summed E-state index contributed by atoms with van der Waals surface area (Å²) in [6.45, 7) is 1.94. The largest absolute Gasteiger partial charge is 2.00 e. The number of aliphatic carboxylic acids is 2. The number of carbonyl (C=O) groups excluding carboxylic acids is 2. The Morgan fingerprint density at radius 1 is 0.826 bits per heavy atom. The van der Waals surface area contributed by atoms with Crippen molar-refractivity contribution in [1.29, 1.82) is 0 Å². The van der Waals surface area contributed by atoms with E-state index < -0.39 is 11.9 Å². The molecule has 0 amide bonds. The topological polar surface area (TPSA) is 158 Å². The van der Waals surface area contributed by atoms with Gasteiger partial charge in [0, 0.05) is 24.3 Å². The quantitative estimate of drug-likeness (QED) is 0.553. The van der Waals surface area contributed by atoms with Crippen molar-refractivity contribution in [3.63, 3.8) is 0 Å². The van der Waals surface area contributed by atoms with E-state index in [9.17, 15) is 0 Å². The Hall–Kier alpha value is -2.67. The summed E-state index contributed by atoms with van der Waals surface area (Å²) in [4.78, 5) is 25.3. The molecule has 8 nitrogen and oxygen atoms in total. The van der Waals surface area contributed by atoms with E-state index in [1.807, 2.05) is 24.3 Å². The van der Waals surface area contributed by atoms with Gasteiger partial charge in [0.15, 0.2) is 0 Å². The number of anilines is 2. The Morgan fingerprint density at radius 3 is 1.17 bits per heavy atom. The normalized spacial score (nSPS) is 7.39. The summed E-state index contributed by atoms with van der Waals surface area (Å²) in [6.07, 6.45) is 3.32. The van der Waals surface area contributed by atoms with E-state index in [1.165, 1.54) is 0 Å². The van der Waals surface area contributed by atoms with Crippen LogP contribution in [-0.2, 0) is 26.1 Å². The van der Waals surface area contributed by atoms with Gasteiger partial charge in [-0.25, -0.2) is 9.97 Å². The number of carbonyl (C=O) groups is 2. The van der Waals surface area contributed by atoms with E-state index in [2.05, 4.69) is 9.97 Å². The number of nitrogen functional groups attached to an aromatic ring is 2. The molecule has 0 aliphatic rings. The van der Waals surface area contributed by atoms with Crippen LogP contribution in [0.15, 0.2) is 48.8 Å². The van der Waals surface area contributed by atoms with Gasteiger partial charge >= 0.3 is 16.5 Å². The Kier molecular flexibility index (Phi) is 19.1. The van der Waals surface area contributed by atoms with Crippen LogP contribution < -0.4 is 21.7 Å². The van der Waals surface area contributed by atoms with Gasteiger partial charge in [0.1, 0.15) is 11.6 Å². The third-order valence-corrected chi connectivity index (χ3v) is 1.38. The fourth-order valence-electron chi connectivity index (χ4n) is 0.752. The minimum absolute atomic E-state index is 0. The molecule has 0 unspecified atom stereocenters. The predicted molar refractivity (Wildman–Crippen MR) is 78.7 cm³/mol. The van der Waals surface area contributed by atoms with Crippen LogP contribution in [0, 0.1) is 0 Å². The number of hydrogen-bond donors (Lipinski definition) is 2.